The summed E-state index contributed by atoms with van der Waals surface area (Å²) in [4.78, 5) is 0.128. The van der Waals surface area contributed by atoms with Crippen molar-refractivity contribution in [2.75, 3.05) is 6.61 Å². The third kappa shape index (κ3) is 4.00. The Balaban J connectivity index is 2.25. The molecule has 0 heterocycles. The second kappa shape index (κ2) is 7.13. The summed E-state index contributed by atoms with van der Waals surface area (Å²) in [5.41, 5.74) is 0.894. The minimum atomic E-state index is -3.65. The highest BCUT2D eigenvalue weighted by Crippen LogP contribution is 2.28. The standard InChI is InChI=1S/C16H18ClNO3S/c1-3-21-16-11-14(9-10-15(16)17)22(19,20)18-12(2)13-7-5-4-6-8-13/h4-12,18H,3H2,1-2H3/t12-/m1/s1. The number of nitrogens with one attached hydrogen (secondary N) is 1. The van der Waals surface area contributed by atoms with E-state index < -0.39 is 10.0 Å². The van der Waals surface area contributed by atoms with Gasteiger partial charge in [0.05, 0.1) is 16.5 Å². The highest BCUT2D eigenvalue weighted by atomic mass is 35.5. The fourth-order valence-corrected chi connectivity index (χ4v) is 3.45. The zero-order chi connectivity index (χ0) is 16.2. The van der Waals surface area contributed by atoms with E-state index in [2.05, 4.69) is 4.72 Å². The lowest BCUT2D eigenvalue weighted by molar-refractivity contribution is 0.339. The molecule has 0 aliphatic carbocycles. The summed E-state index contributed by atoms with van der Waals surface area (Å²) in [6.07, 6.45) is 0. The lowest BCUT2D eigenvalue weighted by Crippen LogP contribution is -2.26. The topological polar surface area (TPSA) is 55.4 Å². The zero-order valence-electron chi connectivity index (χ0n) is 12.4. The Morgan fingerprint density at radius 3 is 2.50 bits per heavy atom. The first-order valence-electron chi connectivity index (χ1n) is 6.93. The Labute approximate surface area is 136 Å². The molecule has 0 bridgehead atoms. The third-order valence-electron chi connectivity index (χ3n) is 3.14. The largest absolute Gasteiger partial charge is 0.492 e. The molecule has 2 aromatic carbocycles. The second-order valence-corrected chi connectivity index (χ2v) is 6.90. The monoisotopic (exact) mass is 339 g/mol. The molecule has 2 aromatic rings. The maximum atomic E-state index is 12.5. The van der Waals surface area contributed by atoms with E-state index in [4.69, 9.17) is 16.3 Å². The molecule has 0 radical (unpaired) electrons. The molecule has 0 aliphatic rings. The molecule has 6 heteroatoms. The molecule has 118 valence electrons. The van der Waals surface area contributed by atoms with E-state index in [0.29, 0.717) is 17.4 Å². The maximum absolute atomic E-state index is 12.5. The first kappa shape index (κ1) is 16.8. The normalized spacial score (nSPS) is 12.9. The van der Waals surface area contributed by atoms with Crippen molar-refractivity contribution in [3.05, 3.63) is 59.1 Å². The van der Waals surface area contributed by atoms with Gasteiger partial charge in [-0.3, -0.25) is 0 Å². The average molecular weight is 340 g/mol. The van der Waals surface area contributed by atoms with Crippen LogP contribution in [0.4, 0.5) is 0 Å². The molecular formula is C16H18ClNO3S. The summed E-state index contributed by atoms with van der Waals surface area (Å²) in [6.45, 7) is 4.02. The van der Waals surface area contributed by atoms with E-state index in [-0.39, 0.29) is 10.9 Å². The summed E-state index contributed by atoms with van der Waals surface area (Å²) >= 11 is 5.99. The lowest BCUT2D eigenvalue weighted by Gasteiger charge is -2.15. The van der Waals surface area contributed by atoms with Gasteiger partial charge in [0.1, 0.15) is 5.75 Å². The highest BCUT2D eigenvalue weighted by Gasteiger charge is 2.19. The van der Waals surface area contributed by atoms with Crippen molar-refractivity contribution in [3.63, 3.8) is 0 Å². The Hall–Kier alpha value is -1.56. The Morgan fingerprint density at radius 1 is 1.18 bits per heavy atom. The summed E-state index contributed by atoms with van der Waals surface area (Å²) in [7, 11) is -3.65. The van der Waals surface area contributed by atoms with Crippen molar-refractivity contribution in [3.8, 4) is 5.75 Å². The van der Waals surface area contributed by atoms with Crippen LogP contribution in [0.5, 0.6) is 5.75 Å². The van der Waals surface area contributed by atoms with Crippen molar-refractivity contribution in [1.82, 2.24) is 4.72 Å². The van der Waals surface area contributed by atoms with E-state index >= 15 is 0 Å². The fourth-order valence-electron chi connectivity index (χ4n) is 2.03. The quantitative estimate of drug-likeness (QED) is 0.871. The Bertz CT molecular complexity index is 732. The first-order chi connectivity index (χ1) is 10.4. The Morgan fingerprint density at radius 2 is 1.86 bits per heavy atom. The maximum Gasteiger partial charge on any atom is 0.241 e. The van der Waals surface area contributed by atoms with E-state index in [1.54, 1.807) is 6.92 Å². The van der Waals surface area contributed by atoms with Crippen molar-refractivity contribution in [2.24, 2.45) is 0 Å². The van der Waals surface area contributed by atoms with Crippen LogP contribution < -0.4 is 9.46 Å². The number of hydrogen-bond acceptors (Lipinski definition) is 3. The summed E-state index contributed by atoms with van der Waals surface area (Å²) in [5.74, 6) is 0.361. The first-order valence-corrected chi connectivity index (χ1v) is 8.80. The van der Waals surface area contributed by atoms with Gasteiger partial charge in [0.2, 0.25) is 10.0 Å². The highest BCUT2D eigenvalue weighted by molar-refractivity contribution is 7.89. The van der Waals surface area contributed by atoms with E-state index in [0.717, 1.165) is 5.56 Å². The molecule has 0 saturated carbocycles. The molecule has 0 spiro atoms. The van der Waals surface area contributed by atoms with Gasteiger partial charge in [-0.1, -0.05) is 41.9 Å². The molecule has 0 aliphatic heterocycles. The molecule has 2 rings (SSSR count). The van der Waals surface area contributed by atoms with Crippen LogP contribution in [0, 0.1) is 0 Å². The fraction of sp³-hybridized carbons (Fsp3) is 0.250. The van der Waals surface area contributed by atoms with Crippen molar-refractivity contribution in [1.29, 1.82) is 0 Å². The van der Waals surface area contributed by atoms with Gasteiger partial charge in [0, 0.05) is 12.1 Å². The van der Waals surface area contributed by atoms with E-state index in [1.165, 1.54) is 18.2 Å². The molecule has 22 heavy (non-hydrogen) atoms. The number of ether oxygens (including phenoxy) is 1. The summed E-state index contributed by atoms with van der Waals surface area (Å²) < 4.78 is 32.9. The third-order valence-corrected chi connectivity index (χ3v) is 4.99. The van der Waals surface area contributed by atoms with Gasteiger partial charge in [-0.15, -0.1) is 0 Å². The molecular weight excluding hydrogens is 322 g/mol. The summed E-state index contributed by atoms with van der Waals surface area (Å²) in [5, 5.41) is 0.386. The SMILES string of the molecule is CCOc1cc(S(=O)(=O)N[C@H](C)c2ccccc2)ccc1Cl. The molecule has 0 amide bonds. The van der Waals surface area contributed by atoms with Gasteiger partial charge in [0.25, 0.3) is 0 Å². The van der Waals surface area contributed by atoms with Crippen LogP contribution >= 0.6 is 11.6 Å². The van der Waals surface area contributed by atoms with Crippen LogP contribution in [-0.4, -0.2) is 15.0 Å². The van der Waals surface area contributed by atoms with Crippen LogP contribution in [0.25, 0.3) is 0 Å². The van der Waals surface area contributed by atoms with Gasteiger partial charge >= 0.3 is 0 Å². The van der Waals surface area contributed by atoms with E-state index in [9.17, 15) is 8.42 Å². The Kier molecular flexibility index (Phi) is 5.45. The van der Waals surface area contributed by atoms with Crippen molar-refractivity contribution < 1.29 is 13.2 Å². The number of benzene rings is 2. The molecule has 1 N–H and O–H groups in total. The van der Waals surface area contributed by atoms with Crippen molar-refractivity contribution in [2.45, 2.75) is 24.8 Å². The van der Waals surface area contributed by atoms with Crippen LogP contribution in [0.1, 0.15) is 25.5 Å². The minimum absolute atomic E-state index is 0.128. The predicted octanol–water partition coefficient (Wildman–Crippen LogP) is 3.78. The van der Waals surface area contributed by atoms with Gasteiger partial charge in [-0.25, -0.2) is 13.1 Å². The second-order valence-electron chi connectivity index (χ2n) is 4.78. The van der Waals surface area contributed by atoms with Crippen LogP contribution in [0.3, 0.4) is 0 Å². The molecule has 0 unspecified atom stereocenters. The van der Waals surface area contributed by atoms with Gasteiger partial charge in [0.15, 0.2) is 0 Å². The van der Waals surface area contributed by atoms with Crippen LogP contribution in [-0.2, 0) is 10.0 Å². The number of halogens is 1. The number of rotatable bonds is 6. The predicted molar refractivity (Wildman–Crippen MR) is 87.8 cm³/mol. The molecule has 0 aromatic heterocycles. The lowest BCUT2D eigenvalue weighted by atomic mass is 10.1. The van der Waals surface area contributed by atoms with Gasteiger partial charge in [-0.2, -0.15) is 0 Å². The molecule has 1 atom stereocenters. The van der Waals surface area contributed by atoms with Crippen molar-refractivity contribution >= 4 is 21.6 Å². The average Bonchev–Trinajstić information content (AvgIpc) is 2.50. The van der Waals surface area contributed by atoms with Gasteiger partial charge < -0.3 is 4.74 Å². The zero-order valence-corrected chi connectivity index (χ0v) is 14.0. The van der Waals surface area contributed by atoms with E-state index in [1.807, 2.05) is 37.3 Å². The number of hydrogen-bond donors (Lipinski definition) is 1. The smallest absolute Gasteiger partial charge is 0.241 e. The minimum Gasteiger partial charge on any atom is -0.492 e. The summed E-state index contributed by atoms with van der Waals surface area (Å²) in [6, 6.07) is 13.5. The van der Waals surface area contributed by atoms with Gasteiger partial charge in [-0.05, 0) is 31.5 Å². The molecule has 4 nitrogen and oxygen atoms in total. The molecule has 0 saturated heterocycles. The van der Waals surface area contributed by atoms with Crippen LogP contribution in [0.15, 0.2) is 53.4 Å². The number of sulfonamides is 1. The molecule has 0 fully saturated rings. The van der Waals surface area contributed by atoms with Crippen LogP contribution in [0.2, 0.25) is 5.02 Å².